The van der Waals surface area contributed by atoms with E-state index in [1.807, 2.05) is 158 Å². The van der Waals surface area contributed by atoms with Gasteiger partial charge in [0.2, 0.25) is 0 Å². The molecule has 0 aliphatic carbocycles. The van der Waals surface area contributed by atoms with Crippen LogP contribution in [0.25, 0.3) is 0 Å². The fraction of sp³-hybridized carbons (Fsp3) is 0.264. The van der Waals surface area contributed by atoms with Gasteiger partial charge in [-0.3, -0.25) is 0 Å². The summed E-state index contributed by atoms with van der Waals surface area (Å²) in [5.74, 6) is 0.700. The van der Waals surface area contributed by atoms with Crippen LogP contribution in [-0.4, -0.2) is 42.2 Å². The number of benzene rings is 5. The van der Waals surface area contributed by atoms with Gasteiger partial charge >= 0.3 is 5.63 Å². The molecule has 7 rings (SSSR count). The number of allylic oxidation sites excluding steroid dienone is 3. The minimum absolute atomic E-state index is 0.121. The molecular formula is C53H54O9. The van der Waals surface area contributed by atoms with E-state index < -0.39 is 42.2 Å². The van der Waals surface area contributed by atoms with Crippen LogP contribution in [-0.2, 0) is 63.1 Å². The minimum atomic E-state index is -1.04. The Morgan fingerprint density at radius 1 is 0.597 bits per heavy atom. The van der Waals surface area contributed by atoms with E-state index >= 15 is 0 Å². The van der Waals surface area contributed by atoms with Crippen molar-refractivity contribution in [2.45, 2.75) is 83.0 Å². The first kappa shape index (κ1) is 44.2. The van der Waals surface area contributed by atoms with Gasteiger partial charge in [-0.05, 0) is 34.7 Å². The monoisotopic (exact) mass is 834 g/mol. The number of hydrogen-bond acceptors (Lipinski definition) is 9. The van der Waals surface area contributed by atoms with Gasteiger partial charge in [0.25, 0.3) is 0 Å². The first-order valence-corrected chi connectivity index (χ1v) is 21.1. The highest BCUT2D eigenvalue weighted by atomic mass is 16.6. The average Bonchev–Trinajstić information content (AvgIpc) is 3.30. The zero-order valence-electron chi connectivity index (χ0n) is 34.9. The van der Waals surface area contributed by atoms with Crippen molar-refractivity contribution in [3.63, 3.8) is 0 Å². The molecule has 0 spiro atoms. The van der Waals surface area contributed by atoms with Crippen LogP contribution in [0.5, 0.6) is 5.75 Å². The highest BCUT2D eigenvalue weighted by Crippen LogP contribution is 2.41. The summed E-state index contributed by atoms with van der Waals surface area (Å²) in [6.45, 7) is 3.04. The van der Waals surface area contributed by atoms with Crippen LogP contribution in [0.15, 0.2) is 191 Å². The van der Waals surface area contributed by atoms with Crippen molar-refractivity contribution in [1.29, 1.82) is 0 Å². The lowest BCUT2D eigenvalue weighted by Crippen LogP contribution is -2.58. The van der Waals surface area contributed by atoms with Crippen LogP contribution in [0.2, 0.25) is 0 Å². The van der Waals surface area contributed by atoms with Crippen LogP contribution in [0.4, 0.5) is 0 Å². The maximum absolute atomic E-state index is 14.6. The number of hydrogen-bond donors (Lipinski definition) is 1. The summed E-state index contributed by atoms with van der Waals surface area (Å²) in [5, 5.41) is 9.66. The van der Waals surface area contributed by atoms with Gasteiger partial charge in [0.05, 0.1) is 39.1 Å². The first-order chi connectivity index (χ1) is 30.5. The second kappa shape index (κ2) is 23.3. The van der Waals surface area contributed by atoms with Crippen molar-refractivity contribution in [1.82, 2.24) is 0 Å². The zero-order chi connectivity index (χ0) is 42.8. The number of aliphatic hydroxyl groups is 1. The van der Waals surface area contributed by atoms with Crippen LogP contribution >= 0.6 is 0 Å². The Morgan fingerprint density at radius 2 is 1.06 bits per heavy atom. The Kier molecular flexibility index (Phi) is 16.6. The van der Waals surface area contributed by atoms with E-state index in [-0.39, 0.29) is 38.6 Å². The summed E-state index contributed by atoms with van der Waals surface area (Å²) in [6.07, 6.45) is 2.65. The molecule has 1 aromatic heterocycles. The minimum Gasteiger partial charge on any atom is -0.488 e. The molecule has 1 aliphatic rings. The van der Waals surface area contributed by atoms with E-state index in [0.717, 1.165) is 27.8 Å². The molecule has 62 heavy (non-hydrogen) atoms. The molecule has 1 fully saturated rings. The molecule has 6 aromatic rings. The first-order valence-electron chi connectivity index (χ1n) is 21.1. The summed E-state index contributed by atoms with van der Waals surface area (Å²) >= 11 is 0. The maximum Gasteiger partial charge on any atom is 0.345 e. The zero-order valence-corrected chi connectivity index (χ0v) is 34.9. The molecule has 1 N–H and O–H groups in total. The Labute approximate surface area is 363 Å². The van der Waals surface area contributed by atoms with Gasteiger partial charge in [0, 0.05) is 12.5 Å². The highest BCUT2D eigenvalue weighted by Gasteiger charge is 2.51. The maximum atomic E-state index is 14.6. The third-order valence-electron chi connectivity index (χ3n) is 10.4. The summed E-state index contributed by atoms with van der Waals surface area (Å²) in [7, 11) is 0. The lowest BCUT2D eigenvalue weighted by atomic mass is 9.90. The van der Waals surface area contributed by atoms with E-state index in [1.54, 1.807) is 31.2 Å². The molecular weight excluding hydrogens is 781 g/mol. The Hall–Kier alpha value is -5.91. The summed E-state index contributed by atoms with van der Waals surface area (Å²) in [5.41, 5.74) is 4.35. The number of ether oxygens (including phenoxy) is 6. The quantitative estimate of drug-likeness (QED) is 0.0710. The van der Waals surface area contributed by atoms with Gasteiger partial charge in [0.1, 0.15) is 54.2 Å². The molecule has 0 amide bonds. The van der Waals surface area contributed by atoms with Crippen molar-refractivity contribution in [3.8, 4) is 5.75 Å². The predicted molar refractivity (Wildman–Crippen MR) is 238 cm³/mol. The molecule has 320 valence electrons. The fourth-order valence-corrected chi connectivity index (χ4v) is 7.25. The average molecular weight is 835 g/mol. The molecule has 0 radical (unpaired) electrons. The lowest BCUT2D eigenvalue weighted by molar-refractivity contribution is -0.275. The molecule has 1 unspecified atom stereocenters. The van der Waals surface area contributed by atoms with E-state index in [1.165, 1.54) is 0 Å². The highest BCUT2D eigenvalue weighted by molar-refractivity contribution is 5.36. The smallest absolute Gasteiger partial charge is 0.345 e. The second-order valence-electron chi connectivity index (χ2n) is 15.2. The Bertz CT molecular complexity index is 2310. The van der Waals surface area contributed by atoms with Crippen molar-refractivity contribution >= 4 is 0 Å². The molecule has 5 aromatic carbocycles. The second-order valence-corrected chi connectivity index (χ2v) is 15.2. The third kappa shape index (κ3) is 13.0. The third-order valence-corrected chi connectivity index (χ3v) is 10.4. The van der Waals surface area contributed by atoms with Crippen LogP contribution < -0.4 is 10.4 Å². The van der Waals surface area contributed by atoms with E-state index in [2.05, 4.69) is 0 Å². The van der Waals surface area contributed by atoms with Crippen molar-refractivity contribution in [3.05, 3.63) is 232 Å². The molecule has 2 heterocycles. The van der Waals surface area contributed by atoms with Gasteiger partial charge in [-0.2, -0.15) is 0 Å². The molecule has 0 bridgehead atoms. The van der Waals surface area contributed by atoms with Gasteiger partial charge in [-0.15, -0.1) is 0 Å². The van der Waals surface area contributed by atoms with Crippen LogP contribution in [0.1, 0.15) is 52.2 Å². The molecule has 9 nitrogen and oxygen atoms in total. The standard InChI is InChI=1S/C53H54O9/c1-39(54)20-8-2-19-31-45-32-46(57-34-41-23-11-4-12-24-41)48(53(55)61-45)50-52(60-37-44-29-17-7-18-30-44)51(59-36-43-27-15-6-16-28-43)49(58-35-42-25-13-5-14-26-42)47(62-50)38-56-33-40-21-9-3-10-22-40/h2-30,32,39,47,49-52,54H,31,33-38H2,1H3/b19-2+,20-8+/t39?,47-,49+,50+,51+,52+/m1/s1. The number of aliphatic hydroxyl groups excluding tert-OH is 1. The van der Waals surface area contributed by atoms with Crippen molar-refractivity contribution in [2.24, 2.45) is 0 Å². The van der Waals surface area contributed by atoms with Gasteiger partial charge in [0.15, 0.2) is 0 Å². The van der Waals surface area contributed by atoms with Gasteiger partial charge in [-0.1, -0.05) is 176 Å². The normalized spacial score (nSPS) is 19.5. The molecule has 0 saturated carbocycles. The topological polar surface area (TPSA) is 106 Å². The Balaban J connectivity index is 1.31. The van der Waals surface area contributed by atoms with E-state index in [9.17, 15) is 9.90 Å². The summed E-state index contributed by atoms with van der Waals surface area (Å²) in [4.78, 5) is 14.6. The lowest BCUT2D eigenvalue weighted by Gasteiger charge is -2.46. The molecule has 1 aliphatic heterocycles. The Morgan fingerprint density at radius 3 is 1.58 bits per heavy atom. The van der Waals surface area contributed by atoms with Crippen LogP contribution in [0, 0.1) is 0 Å². The molecule has 9 heteroatoms. The van der Waals surface area contributed by atoms with Crippen LogP contribution in [0.3, 0.4) is 0 Å². The van der Waals surface area contributed by atoms with E-state index in [4.69, 9.17) is 32.8 Å². The molecule has 1 saturated heterocycles. The number of rotatable bonds is 21. The fourth-order valence-electron chi connectivity index (χ4n) is 7.25. The largest absolute Gasteiger partial charge is 0.488 e. The van der Waals surface area contributed by atoms with Gasteiger partial charge in [-0.25, -0.2) is 4.79 Å². The van der Waals surface area contributed by atoms with Gasteiger partial charge < -0.3 is 37.9 Å². The van der Waals surface area contributed by atoms with E-state index in [0.29, 0.717) is 24.5 Å². The SMILES string of the molecule is CC(O)/C=C/C=C/Cc1cc(OCc2ccccc2)c([C@@H]2O[C@H](COCc3ccccc3)[C@H](OCc3ccccc3)[C@H](OCc3ccccc3)[C@H]2OCc2ccccc2)c(=O)o1. The summed E-state index contributed by atoms with van der Waals surface area (Å²) in [6, 6.07) is 51.2. The molecule has 6 atom stereocenters. The van der Waals surface area contributed by atoms with Crippen molar-refractivity contribution in [2.75, 3.05) is 6.61 Å². The predicted octanol–water partition coefficient (Wildman–Crippen LogP) is 9.67. The van der Waals surface area contributed by atoms with Crippen molar-refractivity contribution < 1.29 is 37.9 Å². The summed E-state index contributed by atoms with van der Waals surface area (Å²) < 4.78 is 46.8.